The number of hydrogen-bond acceptors (Lipinski definition) is 7. The number of aryl methyl sites for hydroxylation is 1. The van der Waals surface area contributed by atoms with E-state index in [2.05, 4.69) is 4.98 Å². The van der Waals surface area contributed by atoms with E-state index in [-0.39, 0.29) is 24.0 Å². The molecule has 1 N–H and O–H groups in total. The van der Waals surface area contributed by atoms with Crippen molar-refractivity contribution < 1.29 is 29.0 Å². The van der Waals surface area contributed by atoms with Crippen molar-refractivity contribution in [3.05, 3.63) is 100 Å². The number of hydrogen-bond donors (Lipinski definition) is 1. The lowest BCUT2D eigenvalue weighted by Crippen LogP contribution is -2.29. The second-order valence-electron chi connectivity index (χ2n) is 9.64. The zero-order valence-electron chi connectivity index (χ0n) is 21.2. The Bertz CT molecular complexity index is 1410. The van der Waals surface area contributed by atoms with Crippen LogP contribution in [0.5, 0.6) is 5.75 Å². The molecule has 194 valence electrons. The van der Waals surface area contributed by atoms with Crippen LogP contribution in [0.4, 0.5) is 0 Å². The summed E-state index contributed by atoms with van der Waals surface area (Å²) in [6.45, 7) is 4.29. The molecule has 1 saturated heterocycles. The average molecular weight is 513 g/mol. The van der Waals surface area contributed by atoms with Crippen molar-refractivity contribution in [2.45, 2.75) is 45.4 Å². The molecule has 1 aromatic heterocycles. The molecule has 0 saturated carbocycles. The first-order valence-electron chi connectivity index (χ1n) is 12.6. The minimum Gasteiger partial charge on any atom is -0.507 e. The molecular weight excluding hydrogens is 484 g/mol. The summed E-state index contributed by atoms with van der Waals surface area (Å²) in [5, 5.41) is 11.4. The van der Waals surface area contributed by atoms with Gasteiger partial charge >= 0.3 is 5.97 Å². The lowest BCUT2D eigenvalue weighted by Gasteiger charge is -2.25. The summed E-state index contributed by atoms with van der Waals surface area (Å²) in [4.78, 5) is 44.4. The summed E-state index contributed by atoms with van der Waals surface area (Å²) >= 11 is 0. The van der Waals surface area contributed by atoms with Gasteiger partial charge in [0.05, 0.1) is 29.9 Å². The zero-order chi connectivity index (χ0) is 26.8. The summed E-state index contributed by atoms with van der Waals surface area (Å²) < 4.78 is 10.9. The Balaban J connectivity index is 1.51. The van der Waals surface area contributed by atoms with Gasteiger partial charge in [-0.25, -0.2) is 4.79 Å². The second kappa shape index (κ2) is 10.5. The van der Waals surface area contributed by atoms with Crippen molar-refractivity contribution in [3.8, 4) is 5.75 Å². The number of ether oxygens (including phenoxy) is 2. The molecule has 5 rings (SSSR count). The van der Waals surface area contributed by atoms with Crippen LogP contribution in [0.1, 0.15) is 58.9 Å². The topological polar surface area (TPSA) is 106 Å². The normalized spacial score (nSPS) is 18.3. The van der Waals surface area contributed by atoms with Crippen LogP contribution in [0.25, 0.3) is 5.76 Å². The van der Waals surface area contributed by atoms with Crippen LogP contribution >= 0.6 is 0 Å². The van der Waals surface area contributed by atoms with Crippen molar-refractivity contribution in [1.82, 2.24) is 9.88 Å². The van der Waals surface area contributed by atoms with Crippen LogP contribution in [0.3, 0.4) is 0 Å². The molecule has 0 radical (unpaired) electrons. The lowest BCUT2D eigenvalue weighted by molar-refractivity contribution is -0.140. The number of aliphatic hydroxyl groups excluding tert-OH is 1. The van der Waals surface area contributed by atoms with Gasteiger partial charge in [0.1, 0.15) is 11.5 Å². The smallest absolute Gasteiger partial charge is 0.338 e. The molecule has 8 heteroatoms. The quantitative estimate of drug-likeness (QED) is 0.223. The molecule has 3 heterocycles. The number of pyridine rings is 1. The molecule has 2 aliphatic heterocycles. The van der Waals surface area contributed by atoms with Crippen molar-refractivity contribution in [3.63, 3.8) is 0 Å². The summed E-state index contributed by atoms with van der Waals surface area (Å²) in [6, 6.07) is 14.7. The highest BCUT2D eigenvalue weighted by atomic mass is 16.5. The van der Waals surface area contributed by atoms with Crippen LogP contribution < -0.4 is 4.74 Å². The highest BCUT2D eigenvalue weighted by Crippen LogP contribution is 2.40. The van der Waals surface area contributed by atoms with E-state index in [0.29, 0.717) is 28.9 Å². The zero-order valence-corrected chi connectivity index (χ0v) is 21.2. The number of rotatable bonds is 6. The Morgan fingerprint density at radius 3 is 2.61 bits per heavy atom. The largest absolute Gasteiger partial charge is 0.507 e. The second-order valence-corrected chi connectivity index (χ2v) is 9.64. The lowest BCUT2D eigenvalue weighted by atomic mass is 9.94. The molecule has 3 aromatic rings. The summed E-state index contributed by atoms with van der Waals surface area (Å²) in [5.41, 5.74) is 3.12. The first-order valence-corrected chi connectivity index (χ1v) is 12.6. The number of aromatic nitrogens is 1. The number of carbonyl (C=O) groups excluding carboxylic acids is 3. The number of carbonyl (C=O) groups is 3. The third-order valence-electron chi connectivity index (χ3n) is 6.61. The number of likely N-dealkylation sites (tertiary alicyclic amines) is 1. The van der Waals surface area contributed by atoms with Gasteiger partial charge in [-0.15, -0.1) is 0 Å². The molecule has 1 amide bonds. The Labute approximate surface area is 220 Å². The van der Waals surface area contributed by atoms with E-state index in [1.165, 1.54) is 4.90 Å². The highest BCUT2D eigenvalue weighted by Gasteiger charge is 2.46. The summed E-state index contributed by atoms with van der Waals surface area (Å²) in [7, 11) is 0. The van der Waals surface area contributed by atoms with E-state index in [1.807, 2.05) is 6.07 Å². The molecule has 0 aliphatic carbocycles. The van der Waals surface area contributed by atoms with E-state index in [4.69, 9.17) is 9.47 Å². The first kappa shape index (κ1) is 25.2. The van der Waals surface area contributed by atoms with Gasteiger partial charge in [-0.2, -0.15) is 0 Å². The van der Waals surface area contributed by atoms with Crippen LogP contribution in [0.2, 0.25) is 0 Å². The molecule has 2 aromatic carbocycles. The van der Waals surface area contributed by atoms with E-state index in [1.54, 1.807) is 74.8 Å². The molecular formula is C30H28N2O6. The third kappa shape index (κ3) is 4.89. The van der Waals surface area contributed by atoms with Crippen LogP contribution in [0.15, 0.2) is 72.6 Å². The Morgan fingerprint density at radius 2 is 1.89 bits per heavy atom. The van der Waals surface area contributed by atoms with E-state index in [0.717, 1.165) is 24.2 Å². The van der Waals surface area contributed by atoms with Gasteiger partial charge in [-0.1, -0.05) is 18.2 Å². The summed E-state index contributed by atoms with van der Waals surface area (Å²) in [6.07, 6.45) is 4.62. The van der Waals surface area contributed by atoms with Crippen LogP contribution in [-0.2, 0) is 27.3 Å². The fraction of sp³-hybridized carbons (Fsp3) is 0.267. The Morgan fingerprint density at radius 1 is 1.13 bits per heavy atom. The molecule has 1 atom stereocenters. The number of amides is 1. The van der Waals surface area contributed by atoms with Gasteiger partial charge in [0.15, 0.2) is 0 Å². The van der Waals surface area contributed by atoms with Gasteiger partial charge in [-0.3, -0.25) is 14.6 Å². The maximum absolute atomic E-state index is 13.3. The molecule has 1 fully saturated rings. The average Bonchev–Trinajstić information content (AvgIpc) is 3.17. The molecule has 2 aliphatic rings. The molecule has 38 heavy (non-hydrogen) atoms. The number of Topliss-reactive ketones (excluding diaryl/α,β-unsaturated/α-hetero) is 1. The van der Waals surface area contributed by atoms with Crippen molar-refractivity contribution in [2.24, 2.45) is 0 Å². The van der Waals surface area contributed by atoms with Gasteiger partial charge in [0.2, 0.25) is 0 Å². The third-order valence-corrected chi connectivity index (χ3v) is 6.61. The van der Waals surface area contributed by atoms with Crippen LogP contribution in [-0.4, -0.2) is 45.4 Å². The van der Waals surface area contributed by atoms with E-state index in [9.17, 15) is 19.5 Å². The van der Waals surface area contributed by atoms with Crippen molar-refractivity contribution >= 4 is 23.4 Å². The van der Waals surface area contributed by atoms with Crippen molar-refractivity contribution in [1.29, 1.82) is 0 Å². The minimum atomic E-state index is -0.832. The fourth-order valence-electron chi connectivity index (χ4n) is 4.82. The molecule has 0 spiro atoms. The summed E-state index contributed by atoms with van der Waals surface area (Å²) in [5.74, 6) is -1.39. The predicted molar refractivity (Wildman–Crippen MR) is 139 cm³/mol. The number of fused-ring (bicyclic) bond motifs is 1. The molecule has 8 nitrogen and oxygen atoms in total. The highest BCUT2D eigenvalue weighted by molar-refractivity contribution is 6.46. The van der Waals surface area contributed by atoms with Gasteiger partial charge in [0.25, 0.3) is 11.7 Å². The monoisotopic (exact) mass is 512 g/mol. The van der Waals surface area contributed by atoms with Crippen LogP contribution in [0, 0.1) is 0 Å². The Hall–Kier alpha value is -4.46. The fourth-order valence-corrected chi connectivity index (χ4v) is 4.82. The molecule has 0 bridgehead atoms. The minimum absolute atomic E-state index is 0.0109. The number of nitrogens with zero attached hydrogens (tertiary/aromatic N) is 2. The van der Waals surface area contributed by atoms with E-state index >= 15 is 0 Å². The first-order chi connectivity index (χ1) is 18.3. The maximum atomic E-state index is 13.3. The predicted octanol–water partition coefficient (Wildman–Crippen LogP) is 4.59. The number of ketones is 1. The van der Waals surface area contributed by atoms with Crippen molar-refractivity contribution in [2.75, 3.05) is 6.61 Å². The number of esters is 1. The standard InChI is InChI=1S/C30H28N2O6/c1-18(2)38-30(36)20-9-7-19(8-10-20)17-32-26(23-5-3-13-31-16-23)25(28(34)29(32)35)27(33)22-11-12-24-21(15-22)6-4-14-37-24/h3,5,7-13,15-16,18,26,33H,4,6,14,17H2,1-2H3/b27-25-. The Kier molecular flexibility index (Phi) is 6.96. The van der Waals surface area contributed by atoms with E-state index < -0.39 is 23.7 Å². The van der Waals surface area contributed by atoms with Gasteiger partial charge in [-0.05, 0) is 79.8 Å². The van der Waals surface area contributed by atoms with Gasteiger partial charge in [0, 0.05) is 24.5 Å². The SMILES string of the molecule is CC(C)OC(=O)c1ccc(CN2C(=O)C(=O)/C(=C(\O)c3ccc4c(c3)CCCO4)C2c2cccnc2)cc1. The maximum Gasteiger partial charge on any atom is 0.338 e. The number of benzene rings is 2. The van der Waals surface area contributed by atoms with Gasteiger partial charge < -0.3 is 19.5 Å². The number of aliphatic hydroxyl groups is 1. The molecule has 1 unspecified atom stereocenters.